The van der Waals surface area contributed by atoms with Crippen LogP contribution in [0, 0.1) is 0 Å². The zero-order valence-corrected chi connectivity index (χ0v) is 10.8. The number of carbonyl (C=O) groups excluding carboxylic acids is 1. The number of hydrogen-bond donors (Lipinski definition) is 0. The Balaban J connectivity index is 2.15. The molecule has 0 bridgehead atoms. The summed E-state index contributed by atoms with van der Waals surface area (Å²) in [6, 6.07) is 5.20. The van der Waals surface area contributed by atoms with Gasteiger partial charge in [0.2, 0.25) is 0 Å². The highest BCUT2D eigenvalue weighted by Gasteiger charge is 2.18. The first-order chi connectivity index (χ1) is 8.74. The Morgan fingerprint density at radius 3 is 2.56 bits per heavy atom. The van der Waals surface area contributed by atoms with Gasteiger partial charge in [-0.15, -0.1) is 0 Å². The molecule has 0 amide bonds. The largest absolute Gasteiger partial charge is 0.496 e. The monoisotopic (exact) mass is 250 g/mol. The average molecular weight is 250 g/mol. The van der Waals surface area contributed by atoms with Crippen LogP contribution in [-0.4, -0.2) is 26.3 Å². The molecule has 1 aliphatic carbocycles. The summed E-state index contributed by atoms with van der Waals surface area (Å²) in [6.45, 7) is 0. The Hall–Kier alpha value is -1.71. The second-order valence-corrected chi connectivity index (χ2v) is 4.38. The molecule has 1 aromatic carbocycles. The van der Waals surface area contributed by atoms with Crippen LogP contribution in [0.15, 0.2) is 18.2 Å². The van der Waals surface area contributed by atoms with Gasteiger partial charge in [-0.25, -0.2) is 4.79 Å². The van der Waals surface area contributed by atoms with Gasteiger partial charge in [-0.05, 0) is 37.8 Å². The molecule has 0 radical (unpaired) electrons. The number of hydrogen-bond acceptors (Lipinski definition) is 4. The van der Waals surface area contributed by atoms with Crippen molar-refractivity contribution in [2.75, 3.05) is 14.2 Å². The molecular weight excluding hydrogens is 232 g/mol. The normalized spacial score (nSPS) is 15.4. The lowest BCUT2D eigenvalue weighted by atomic mass is 10.2. The van der Waals surface area contributed by atoms with E-state index < -0.39 is 5.97 Å². The fraction of sp³-hybridized carbons (Fsp3) is 0.500. The van der Waals surface area contributed by atoms with E-state index in [1.165, 1.54) is 27.1 Å². The van der Waals surface area contributed by atoms with Gasteiger partial charge in [0, 0.05) is 6.07 Å². The Morgan fingerprint density at radius 1 is 1.22 bits per heavy atom. The van der Waals surface area contributed by atoms with Gasteiger partial charge in [-0.1, -0.05) is 0 Å². The molecule has 0 saturated heterocycles. The molecule has 0 atom stereocenters. The Labute approximate surface area is 107 Å². The van der Waals surface area contributed by atoms with Crippen molar-refractivity contribution < 1.29 is 19.0 Å². The zero-order valence-electron chi connectivity index (χ0n) is 10.8. The lowest BCUT2D eigenvalue weighted by molar-refractivity contribution is 0.0597. The number of ether oxygens (including phenoxy) is 3. The van der Waals surface area contributed by atoms with Crippen molar-refractivity contribution in [2.45, 2.75) is 31.8 Å². The smallest absolute Gasteiger partial charge is 0.341 e. The minimum absolute atomic E-state index is 0.290. The zero-order chi connectivity index (χ0) is 13.0. The molecule has 4 heteroatoms. The van der Waals surface area contributed by atoms with E-state index in [0.717, 1.165) is 18.6 Å². The lowest BCUT2D eigenvalue weighted by Crippen LogP contribution is -2.11. The molecule has 0 aromatic heterocycles. The number of methoxy groups -OCH3 is 2. The van der Waals surface area contributed by atoms with Crippen LogP contribution in [0.1, 0.15) is 36.0 Å². The molecule has 0 N–H and O–H groups in total. The highest BCUT2D eigenvalue weighted by atomic mass is 16.5. The first-order valence-corrected chi connectivity index (χ1v) is 6.17. The van der Waals surface area contributed by atoms with E-state index in [-0.39, 0.29) is 0 Å². The van der Waals surface area contributed by atoms with Crippen LogP contribution in [-0.2, 0) is 4.74 Å². The van der Waals surface area contributed by atoms with E-state index in [4.69, 9.17) is 14.2 Å². The SMILES string of the molecule is COC(=O)c1ccc(OC2CCCC2)cc1OC. The van der Waals surface area contributed by atoms with Gasteiger partial charge >= 0.3 is 5.97 Å². The standard InChI is InChI=1S/C14H18O4/c1-16-13-9-11(18-10-5-3-4-6-10)7-8-12(13)14(15)17-2/h7-10H,3-6H2,1-2H3. The Kier molecular flexibility index (Phi) is 4.07. The minimum Gasteiger partial charge on any atom is -0.496 e. The minimum atomic E-state index is -0.403. The van der Waals surface area contributed by atoms with Crippen LogP contribution in [0.25, 0.3) is 0 Å². The maximum Gasteiger partial charge on any atom is 0.341 e. The predicted octanol–water partition coefficient (Wildman–Crippen LogP) is 2.80. The maximum absolute atomic E-state index is 11.5. The summed E-state index contributed by atoms with van der Waals surface area (Å²) in [5.41, 5.74) is 0.416. The average Bonchev–Trinajstić information content (AvgIpc) is 2.90. The summed E-state index contributed by atoms with van der Waals surface area (Å²) in [6.07, 6.45) is 4.94. The van der Waals surface area contributed by atoms with E-state index in [0.29, 0.717) is 17.4 Å². The third-order valence-corrected chi connectivity index (χ3v) is 3.18. The highest BCUT2D eigenvalue weighted by molar-refractivity contribution is 5.92. The number of rotatable bonds is 4. The molecule has 18 heavy (non-hydrogen) atoms. The van der Waals surface area contributed by atoms with E-state index in [2.05, 4.69) is 0 Å². The fourth-order valence-electron chi connectivity index (χ4n) is 2.22. The fourth-order valence-corrected chi connectivity index (χ4v) is 2.22. The van der Waals surface area contributed by atoms with Crippen molar-refractivity contribution in [3.63, 3.8) is 0 Å². The lowest BCUT2D eigenvalue weighted by Gasteiger charge is -2.14. The van der Waals surface area contributed by atoms with Crippen LogP contribution >= 0.6 is 0 Å². The van der Waals surface area contributed by atoms with Crippen molar-refractivity contribution in [2.24, 2.45) is 0 Å². The summed E-state index contributed by atoms with van der Waals surface area (Å²) < 4.78 is 15.7. The van der Waals surface area contributed by atoms with Gasteiger partial charge in [0.1, 0.15) is 17.1 Å². The molecule has 98 valence electrons. The number of esters is 1. The van der Waals surface area contributed by atoms with Crippen molar-refractivity contribution >= 4 is 5.97 Å². The van der Waals surface area contributed by atoms with Crippen molar-refractivity contribution in [3.05, 3.63) is 23.8 Å². The Morgan fingerprint density at radius 2 is 1.94 bits per heavy atom. The molecule has 0 spiro atoms. The van der Waals surface area contributed by atoms with Crippen molar-refractivity contribution in [1.82, 2.24) is 0 Å². The maximum atomic E-state index is 11.5. The first kappa shape index (κ1) is 12.7. The second kappa shape index (κ2) is 5.76. The summed E-state index contributed by atoms with van der Waals surface area (Å²) in [5, 5.41) is 0. The molecule has 2 rings (SSSR count). The first-order valence-electron chi connectivity index (χ1n) is 6.17. The summed E-state index contributed by atoms with van der Waals surface area (Å²) >= 11 is 0. The van der Waals surface area contributed by atoms with Crippen LogP contribution in [0.3, 0.4) is 0 Å². The van der Waals surface area contributed by atoms with Gasteiger partial charge in [0.15, 0.2) is 0 Å². The molecular formula is C14H18O4. The quantitative estimate of drug-likeness (QED) is 0.771. The molecule has 0 aliphatic heterocycles. The van der Waals surface area contributed by atoms with E-state index in [1.807, 2.05) is 0 Å². The molecule has 4 nitrogen and oxygen atoms in total. The summed E-state index contributed by atoms with van der Waals surface area (Å²) in [5.74, 6) is 0.822. The van der Waals surface area contributed by atoms with Gasteiger partial charge in [0.05, 0.1) is 20.3 Å². The van der Waals surface area contributed by atoms with Crippen molar-refractivity contribution in [1.29, 1.82) is 0 Å². The second-order valence-electron chi connectivity index (χ2n) is 4.38. The van der Waals surface area contributed by atoms with Gasteiger partial charge in [-0.3, -0.25) is 0 Å². The van der Waals surface area contributed by atoms with Gasteiger partial charge < -0.3 is 14.2 Å². The topological polar surface area (TPSA) is 44.8 Å². The molecule has 1 saturated carbocycles. The van der Waals surface area contributed by atoms with Crippen LogP contribution in [0.5, 0.6) is 11.5 Å². The van der Waals surface area contributed by atoms with Crippen LogP contribution in [0.2, 0.25) is 0 Å². The third-order valence-electron chi connectivity index (χ3n) is 3.18. The molecule has 1 aromatic rings. The third kappa shape index (κ3) is 2.75. The number of benzene rings is 1. The van der Waals surface area contributed by atoms with Crippen LogP contribution < -0.4 is 9.47 Å². The highest BCUT2D eigenvalue weighted by Crippen LogP contribution is 2.29. The predicted molar refractivity (Wildman–Crippen MR) is 67.2 cm³/mol. The van der Waals surface area contributed by atoms with Gasteiger partial charge in [0.25, 0.3) is 0 Å². The molecule has 1 fully saturated rings. The number of carbonyl (C=O) groups is 1. The van der Waals surface area contributed by atoms with E-state index >= 15 is 0 Å². The molecule has 0 unspecified atom stereocenters. The van der Waals surface area contributed by atoms with E-state index in [1.54, 1.807) is 18.2 Å². The molecule has 0 heterocycles. The van der Waals surface area contributed by atoms with Gasteiger partial charge in [-0.2, -0.15) is 0 Å². The summed E-state index contributed by atoms with van der Waals surface area (Å²) in [4.78, 5) is 11.5. The summed E-state index contributed by atoms with van der Waals surface area (Å²) in [7, 11) is 2.88. The molecule has 1 aliphatic rings. The Bertz CT molecular complexity index is 422. The van der Waals surface area contributed by atoms with Crippen molar-refractivity contribution in [3.8, 4) is 11.5 Å². The van der Waals surface area contributed by atoms with Crippen LogP contribution in [0.4, 0.5) is 0 Å². The van der Waals surface area contributed by atoms with E-state index in [9.17, 15) is 4.79 Å².